The van der Waals surface area contributed by atoms with E-state index in [0.717, 1.165) is 17.6 Å². The number of ether oxygens (including phenoxy) is 1. The molecule has 0 unspecified atom stereocenters. The molecule has 0 saturated carbocycles. The quantitative estimate of drug-likeness (QED) is 0.281. The van der Waals surface area contributed by atoms with Gasteiger partial charge in [0.25, 0.3) is 0 Å². The molecule has 2 heterocycles. The monoisotopic (exact) mass is 596 g/mol. The summed E-state index contributed by atoms with van der Waals surface area (Å²) in [7, 11) is 0. The summed E-state index contributed by atoms with van der Waals surface area (Å²) >= 11 is 12.1. The predicted octanol–water partition coefficient (Wildman–Crippen LogP) is 4.85. The maximum Gasteiger partial charge on any atom is 0.247 e. The molecule has 41 heavy (non-hydrogen) atoms. The molecule has 1 saturated heterocycles. The van der Waals surface area contributed by atoms with E-state index in [0.29, 0.717) is 40.1 Å². The summed E-state index contributed by atoms with van der Waals surface area (Å²) in [6.07, 6.45) is 1.64. The van der Waals surface area contributed by atoms with Crippen LogP contribution in [-0.4, -0.2) is 56.2 Å². The number of carbonyl (C=O) groups is 2. The molecule has 1 aromatic heterocycles. The smallest absolute Gasteiger partial charge is 0.247 e. The number of carbonyl (C=O) groups excluding carboxylic acids is 2. The summed E-state index contributed by atoms with van der Waals surface area (Å²) in [6.45, 7) is 0.421. The minimum atomic E-state index is -1.10. The number of amides is 2. The van der Waals surface area contributed by atoms with Gasteiger partial charge in [0, 0.05) is 40.9 Å². The molecule has 1 N–H and O–H groups in total. The van der Waals surface area contributed by atoms with Gasteiger partial charge >= 0.3 is 0 Å². The molecule has 4 aromatic rings. The van der Waals surface area contributed by atoms with Crippen LogP contribution in [0.3, 0.4) is 0 Å². The molecule has 0 radical (unpaired) electrons. The van der Waals surface area contributed by atoms with Crippen LogP contribution < -0.4 is 5.32 Å². The van der Waals surface area contributed by atoms with Crippen LogP contribution in [0.1, 0.15) is 30.0 Å². The minimum Gasteiger partial charge on any atom is -0.376 e. The first-order valence-corrected chi connectivity index (χ1v) is 13.8. The van der Waals surface area contributed by atoms with Crippen LogP contribution in [0.2, 0.25) is 10.0 Å². The van der Waals surface area contributed by atoms with E-state index in [2.05, 4.69) is 20.7 Å². The SMILES string of the molecule is O=C(NC[C@H]1CCCO1)[C@H](c1ccc(Cl)cc1)N(Cc1ccccc1F)C(=O)Cn1nnc(-c2ccc(Cl)cc2)n1. The van der Waals surface area contributed by atoms with Gasteiger partial charge < -0.3 is 15.0 Å². The van der Waals surface area contributed by atoms with Gasteiger partial charge in [-0.1, -0.05) is 53.5 Å². The van der Waals surface area contributed by atoms with Crippen LogP contribution in [-0.2, 0) is 27.4 Å². The number of halogens is 3. The van der Waals surface area contributed by atoms with Crippen LogP contribution in [0.25, 0.3) is 11.4 Å². The van der Waals surface area contributed by atoms with Gasteiger partial charge in [-0.3, -0.25) is 9.59 Å². The lowest BCUT2D eigenvalue weighted by Crippen LogP contribution is -2.46. The maximum absolute atomic E-state index is 14.8. The van der Waals surface area contributed by atoms with Crippen LogP contribution >= 0.6 is 23.2 Å². The lowest BCUT2D eigenvalue weighted by Gasteiger charge is -2.32. The van der Waals surface area contributed by atoms with Crippen LogP contribution in [0.15, 0.2) is 72.8 Å². The van der Waals surface area contributed by atoms with Crippen molar-refractivity contribution in [3.8, 4) is 11.4 Å². The van der Waals surface area contributed by atoms with E-state index in [-0.39, 0.29) is 24.8 Å². The standard InChI is InChI=1S/C29H27Cl2FN6O3/c30-22-11-7-19(8-12-22)27(29(40)33-16-24-5-3-15-41-24)37(17-21-4-1-2-6-25(21)32)26(39)18-38-35-28(34-36-38)20-9-13-23(31)14-10-20/h1-2,4,6-14,24,27H,3,5,15-18H2,(H,33,40)/t24-,27+/m1/s1. The van der Waals surface area contributed by atoms with Gasteiger partial charge in [0.05, 0.1) is 6.10 Å². The first kappa shape index (κ1) is 28.7. The molecule has 212 valence electrons. The Labute approximate surface area is 246 Å². The zero-order valence-corrected chi connectivity index (χ0v) is 23.4. The second-order valence-corrected chi connectivity index (χ2v) is 10.5. The number of tetrazole rings is 1. The van der Waals surface area contributed by atoms with Crippen molar-refractivity contribution in [2.75, 3.05) is 13.2 Å². The molecule has 9 nitrogen and oxygen atoms in total. The molecule has 1 aliphatic heterocycles. The Kier molecular flexibility index (Phi) is 9.23. The van der Waals surface area contributed by atoms with Crippen LogP contribution in [0.4, 0.5) is 4.39 Å². The zero-order chi connectivity index (χ0) is 28.8. The van der Waals surface area contributed by atoms with Crippen LogP contribution in [0, 0.1) is 5.82 Å². The Morgan fingerprint density at radius 1 is 1.05 bits per heavy atom. The highest BCUT2D eigenvalue weighted by Gasteiger charge is 2.33. The summed E-state index contributed by atoms with van der Waals surface area (Å²) in [6, 6.07) is 18.5. The zero-order valence-electron chi connectivity index (χ0n) is 21.9. The van der Waals surface area contributed by atoms with Gasteiger partial charge in [0.1, 0.15) is 18.4 Å². The van der Waals surface area contributed by atoms with E-state index < -0.39 is 23.7 Å². The Morgan fingerprint density at radius 3 is 2.44 bits per heavy atom. The average Bonchev–Trinajstić information content (AvgIpc) is 3.66. The Balaban J connectivity index is 1.45. The number of rotatable bonds is 10. The molecule has 0 aliphatic carbocycles. The molecule has 0 spiro atoms. The number of aromatic nitrogens is 4. The maximum atomic E-state index is 14.8. The molecule has 12 heteroatoms. The molecule has 1 fully saturated rings. The van der Waals surface area contributed by atoms with E-state index in [4.69, 9.17) is 27.9 Å². The van der Waals surface area contributed by atoms with Gasteiger partial charge in [-0.2, -0.15) is 4.80 Å². The summed E-state index contributed by atoms with van der Waals surface area (Å²) in [5.41, 5.74) is 1.43. The Bertz CT molecular complexity index is 1490. The van der Waals surface area contributed by atoms with Crippen LogP contribution in [0.5, 0.6) is 0 Å². The van der Waals surface area contributed by atoms with E-state index >= 15 is 0 Å². The number of nitrogens with zero attached hydrogens (tertiary/aromatic N) is 5. The van der Waals surface area contributed by atoms with Gasteiger partial charge in [0.15, 0.2) is 0 Å². The van der Waals surface area contributed by atoms with Crippen molar-refractivity contribution in [2.45, 2.75) is 38.1 Å². The topological polar surface area (TPSA) is 102 Å². The number of benzene rings is 3. The van der Waals surface area contributed by atoms with Gasteiger partial charge in [0.2, 0.25) is 17.6 Å². The summed E-state index contributed by atoms with van der Waals surface area (Å²) in [5.74, 6) is -1.14. The Hall–Kier alpha value is -3.86. The Morgan fingerprint density at radius 2 is 1.76 bits per heavy atom. The first-order valence-electron chi connectivity index (χ1n) is 13.1. The fourth-order valence-corrected chi connectivity index (χ4v) is 4.86. The summed E-state index contributed by atoms with van der Waals surface area (Å²) < 4.78 is 20.5. The molecule has 5 rings (SSSR count). The lowest BCUT2D eigenvalue weighted by atomic mass is 10.0. The van der Waals surface area contributed by atoms with Crippen molar-refractivity contribution >= 4 is 35.0 Å². The van der Waals surface area contributed by atoms with E-state index in [1.54, 1.807) is 66.7 Å². The van der Waals surface area contributed by atoms with E-state index in [1.807, 2.05) is 0 Å². The molecule has 2 amide bonds. The van der Waals surface area contributed by atoms with Crippen molar-refractivity contribution in [1.82, 2.24) is 30.4 Å². The fraction of sp³-hybridized carbons (Fsp3) is 0.276. The molecule has 2 atom stereocenters. The largest absolute Gasteiger partial charge is 0.376 e. The number of hydrogen-bond acceptors (Lipinski definition) is 6. The average molecular weight is 597 g/mol. The van der Waals surface area contributed by atoms with Gasteiger partial charge in [-0.15, -0.1) is 10.2 Å². The highest BCUT2D eigenvalue weighted by atomic mass is 35.5. The second-order valence-electron chi connectivity index (χ2n) is 9.60. The van der Waals surface area contributed by atoms with Crippen molar-refractivity contribution in [1.29, 1.82) is 0 Å². The van der Waals surface area contributed by atoms with Crippen molar-refractivity contribution in [2.24, 2.45) is 0 Å². The summed E-state index contributed by atoms with van der Waals surface area (Å²) in [4.78, 5) is 30.1. The van der Waals surface area contributed by atoms with E-state index in [1.165, 1.54) is 11.0 Å². The normalized spacial score (nSPS) is 15.4. The molecular weight excluding hydrogens is 570 g/mol. The van der Waals surface area contributed by atoms with Crippen molar-refractivity contribution in [3.63, 3.8) is 0 Å². The third kappa shape index (κ3) is 7.27. The third-order valence-electron chi connectivity index (χ3n) is 6.72. The highest BCUT2D eigenvalue weighted by Crippen LogP contribution is 2.27. The molecule has 1 aliphatic rings. The van der Waals surface area contributed by atoms with Crippen molar-refractivity contribution in [3.05, 3.63) is 99.8 Å². The second kappa shape index (κ2) is 13.2. The molecule has 3 aromatic carbocycles. The minimum absolute atomic E-state index is 0.105. The van der Waals surface area contributed by atoms with Crippen molar-refractivity contribution < 1.29 is 18.7 Å². The first-order chi connectivity index (χ1) is 19.9. The predicted molar refractivity (Wildman–Crippen MR) is 151 cm³/mol. The lowest BCUT2D eigenvalue weighted by molar-refractivity contribution is -0.142. The fourth-order valence-electron chi connectivity index (χ4n) is 4.60. The number of nitrogens with one attached hydrogen (secondary N) is 1. The van der Waals surface area contributed by atoms with Gasteiger partial charge in [-0.05, 0) is 66.1 Å². The highest BCUT2D eigenvalue weighted by molar-refractivity contribution is 6.30. The number of hydrogen-bond donors (Lipinski definition) is 1. The third-order valence-corrected chi connectivity index (χ3v) is 7.23. The van der Waals surface area contributed by atoms with Gasteiger partial charge in [-0.25, -0.2) is 4.39 Å². The molecule has 0 bridgehead atoms. The summed E-state index contributed by atoms with van der Waals surface area (Å²) in [5, 5.41) is 16.4. The van der Waals surface area contributed by atoms with E-state index in [9.17, 15) is 14.0 Å². The molecular formula is C29H27Cl2FN6O3.